The van der Waals surface area contributed by atoms with Gasteiger partial charge in [-0.1, -0.05) is 60.7 Å². The molecule has 0 bridgehead atoms. The Morgan fingerprint density at radius 2 is 1.05 bits per heavy atom. The minimum absolute atomic E-state index is 0.0824. The van der Waals surface area contributed by atoms with E-state index >= 15 is 0 Å². The Kier molecular flexibility index (Phi) is 4.19. The Labute approximate surface area is 124 Å². The molecule has 0 nitrogen and oxygen atoms in total. The molecular formula is C17H18S2. The Hall–Kier alpha value is -0.860. The quantitative estimate of drug-likeness (QED) is 0.749. The third-order valence-electron chi connectivity index (χ3n) is 3.46. The van der Waals surface area contributed by atoms with Crippen molar-refractivity contribution in [3.05, 3.63) is 71.8 Å². The molecule has 0 N–H and O–H groups in total. The van der Waals surface area contributed by atoms with Gasteiger partial charge < -0.3 is 0 Å². The minimum atomic E-state index is 0.0824. The van der Waals surface area contributed by atoms with E-state index in [0.29, 0.717) is 0 Å². The molecule has 19 heavy (non-hydrogen) atoms. The third kappa shape index (κ3) is 2.70. The maximum atomic E-state index is 2.28. The lowest BCUT2D eigenvalue weighted by molar-refractivity contribution is 0.912. The third-order valence-corrected chi connectivity index (χ3v) is 6.91. The predicted octanol–water partition coefficient (Wildman–Crippen LogP) is 5.15. The molecule has 1 saturated heterocycles. The second kappa shape index (κ2) is 6.06. The van der Waals surface area contributed by atoms with Gasteiger partial charge in [0.1, 0.15) is 4.08 Å². The number of thioether (sulfide) groups is 2. The van der Waals surface area contributed by atoms with Gasteiger partial charge in [-0.15, -0.1) is 23.5 Å². The normalized spacial score (nSPS) is 18.7. The second-order valence-electron chi connectivity index (χ2n) is 4.75. The molecule has 1 fully saturated rings. The molecule has 0 radical (unpaired) electrons. The molecule has 0 atom stereocenters. The van der Waals surface area contributed by atoms with Gasteiger partial charge in [0, 0.05) is 0 Å². The highest BCUT2D eigenvalue weighted by Gasteiger charge is 2.36. The molecule has 0 amide bonds. The summed E-state index contributed by atoms with van der Waals surface area (Å²) >= 11 is 4.20. The van der Waals surface area contributed by atoms with Crippen molar-refractivity contribution in [3.8, 4) is 0 Å². The summed E-state index contributed by atoms with van der Waals surface area (Å²) in [6.07, 6.45) is 2.66. The first-order valence-corrected chi connectivity index (χ1v) is 8.78. The van der Waals surface area contributed by atoms with Crippen LogP contribution >= 0.6 is 23.5 Å². The summed E-state index contributed by atoms with van der Waals surface area (Å²) in [4.78, 5) is 0. The van der Waals surface area contributed by atoms with Gasteiger partial charge in [0.05, 0.1) is 0 Å². The van der Waals surface area contributed by atoms with Crippen LogP contribution in [-0.2, 0) is 4.08 Å². The Bertz CT molecular complexity index is 458. The maximum Gasteiger partial charge on any atom is 0.111 e. The summed E-state index contributed by atoms with van der Waals surface area (Å²) in [6, 6.07) is 22.0. The Balaban J connectivity index is 2.09. The fraction of sp³-hybridized carbons (Fsp3) is 0.294. The van der Waals surface area contributed by atoms with Crippen LogP contribution < -0.4 is 0 Å². The molecule has 1 aliphatic heterocycles. The molecule has 2 heteroatoms. The van der Waals surface area contributed by atoms with Gasteiger partial charge in [0.15, 0.2) is 0 Å². The smallest absolute Gasteiger partial charge is 0.111 e. The highest BCUT2D eigenvalue weighted by Crippen LogP contribution is 2.53. The average Bonchev–Trinajstić information content (AvgIpc) is 2.76. The van der Waals surface area contributed by atoms with E-state index in [9.17, 15) is 0 Å². The van der Waals surface area contributed by atoms with Crippen molar-refractivity contribution in [1.29, 1.82) is 0 Å². The van der Waals surface area contributed by atoms with E-state index in [1.54, 1.807) is 0 Å². The van der Waals surface area contributed by atoms with Crippen LogP contribution in [0.15, 0.2) is 60.7 Å². The summed E-state index contributed by atoms with van der Waals surface area (Å²) in [5.74, 6) is 2.49. The van der Waals surface area contributed by atoms with Crippen molar-refractivity contribution < 1.29 is 0 Å². The molecule has 0 aromatic heterocycles. The van der Waals surface area contributed by atoms with Gasteiger partial charge >= 0.3 is 0 Å². The van der Waals surface area contributed by atoms with E-state index in [1.165, 1.54) is 35.5 Å². The standard InChI is InChI=1S/C17H18S2/c1-3-9-15(10-4-1)17(16-11-5-2-6-12-16)18-13-7-8-14-19-17/h1-6,9-12H,7-8,13-14H2. The lowest BCUT2D eigenvalue weighted by atomic mass is 10.0. The van der Waals surface area contributed by atoms with Crippen molar-refractivity contribution in [3.63, 3.8) is 0 Å². The van der Waals surface area contributed by atoms with Crippen molar-refractivity contribution in [2.75, 3.05) is 11.5 Å². The van der Waals surface area contributed by atoms with Gasteiger partial charge in [0.25, 0.3) is 0 Å². The summed E-state index contributed by atoms with van der Waals surface area (Å²) in [5.41, 5.74) is 2.86. The van der Waals surface area contributed by atoms with Crippen LogP contribution in [-0.4, -0.2) is 11.5 Å². The number of benzene rings is 2. The fourth-order valence-electron chi connectivity index (χ4n) is 2.49. The van der Waals surface area contributed by atoms with E-state index in [-0.39, 0.29) is 4.08 Å². The molecule has 0 unspecified atom stereocenters. The molecule has 1 heterocycles. The average molecular weight is 286 g/mol. The van der Waals surface area contributed by atoms with E-state index in [0.717, 1.165) is 0 Å². The van der Waals surface area contributed by atoms with Gasteiger partial charge in [-0.05, 0) is 35.5 Å². The molecular weight excluding hydrogens is 268 g/mol. The van der Waals surface area contributed by atoms with Gasteiger partial charge in [0.2, 0.25) is 0 Å². The van der Waals surface area contributed by atoms with Gasteiger partial charge in [-0.3, -0.25) is 0 Å². The van der Waals surface area contributed by atoms with Crippen LogP contribution in [0.4, 0.5) is 0 Å². The van der Waals surface area contributed by atoms with Gasteiger partial charge in [-0.25, -0.2) is 0 Å². The number of hydrogen-bond acceptors (Lipinski definition) is 2. The summed E-state index contributed by atoms with van der Waals surface area (Å²) < 4.78 is 0.0824. The molecule has 98 valence electrons. The molecule has 2 aromatic rings. The minimum Gasteiger partial charge on any atom is -0.135 e. The zero-order valence-corrected chi connectivity index (χ0v) is 12.6. The van der Waals surface area contributed by atoms with E-state index in [1.807, 2.05) is 0 Å². The van der Waals surface area contributed by atoms with Gasteiger partial charge in [-0.2, -0.15) is 0 Å². The van der Waals surface area contributed by atoms with E-state index in [4.69, 9.17) is 0 Å². The Morgan fingerprint density at radius 1 is 0.632 bits per heavy atom. The molecule has 0 aliphatic carbocycles. The lowest BCUT2D eigenvalue weighted by Gasteiger charge is -2.32. The van der Waals surface area contributed by atoms with Crippen LogP contribution in [0.3, 0.4) is 0 Å². The van der Waals surface area contributed by atoms with Crippen LogP contribution in [0.5, 0.6) is 0 Å². The van der Waals surface area contributed by atoms with Crippen molar-refractivity contribution in [2.45, 2.75) is 16.9 Å². The summed E-state index contributed by atoms with van der Waals surface area (Å²) in [7, 11) is 0. The number of hydrogen-bond donors (Lipinski definition) is 0. The second-order valence-corrected chi connectivity index (χ2v) is 7.63. The SMILES string of the molecule is c1ccc(C2(c3ccccc3)SCCCCS2)cc1. The first-order chi connectivity index (χ1) is 9.42. The molecule has 2 aromatic carbocycles. The monoisotopic (exact) mass is 286 g/mol. The first kappa shape index (κ1) is 13.1. The zero-order valence-electron chi connectivity index (χ0n) is 10.9. The summed E-state index contributed by atoms with van der Waals surface area (Å²) in [5, 5.41) is 0. The first-order valence-electron chi connectivity index (χ1n) is 6.81. The van der Waals surface area contributed by atoms with E-state index in [2.05, 4.69) is 84.2 Å². The van der Waals surface area contributed by atoms with Crippen molar-refractivity contribution >= 4 is 23.5 Å². The summed E-state index contributed by atoms with van der Waals surface area (Å²) in [6.45, 7) is 0. The maximum absolute atomic E-state index is 2.28. The molecule has 3 rings (SSSR count). The number of rotatable bonds is 2. The highest BCUT2D eigenvalue weighted by atomic mass is 32.2. The lowest BCUT2D eigenvalue weighted by Crippen LogP contribution is -2.19. The topological polar surface area (TPSA) is 0 Å². The van der Waals surface area contributed by atoms with Crippen molar-refractivity contribution in [2.24, 2.45) is 0 Å². The zero-order chi connectivity index (χ0) is 13.0. The predicted molar refractivity (Wildman–Crippen MR) is 87.8 cm³/mol. The molecule has 1 aliphatic rings. The largest absolute Gasteiger partial charge is 0.135 e. The van der Waals surface area contributed by atoms with E-state index < -0.39 is 0 Å². The highest BCUT2D eigenvalue weighted by molar-refractivity contribution is 8.17. The Morgan fingerprint density at radius 3 is 1.47 bits per heavy atom. The van der Waals surface area contributed by atoms with Crippen LogP contribution in [0, 0.1) is 0 Å². The molecule has 0 spiro atoms. The van der Waals surface area contributed by atoms with Crippen LogP contribution in [0.2, 0.25) is 0 Å². The van der Waals surface area contributed by atoms with Crippen LogP contribution in [0.25, 0.3) is 0 Å². The van der Waals surface area contributed by atoms with Crippen LogP contribution in [0.1, 0.15) is 24.0 Å². The fourth-order valence-corrected chi connectivity index (χ4v) is 5.81. The van der Waals surface area contributed by atoms with Crippen molar-refractivity contribution in [1.82, 2.24) is 0 Å². The molecule has 0 saturated carbocycles.